The van der Waals surface area contributed by atoms with Gasteiger partial charge in [0.05, 0.1) is 0 Å². The molecule has 0 radical (unpaired) electrons. The van der Waals surface area contributed by atoms with Crippen LogP contribution in [0.5, 0.6) is 0 Å². The van der Waals surface area contributed by atoms with Crippen molar-refractivity contribution >= 4 is 17.7 Å². The molecule has 0 aliphatic carbocycles. The van der Waals surface area contributed by atoms with Crippen LogP contribution in [-0.4, -0.2) is 12.0 Å². The highest BCUT2D eigenvalue weighted by Gasteiger charge is 2.06. The molecule has 0 aliphatic heterocycles. The van der Waals surface area contributed by atoms with E-state index in [1.807, 2.05) is 6.92 Å². The molecule has 0 amide bonds. The minimum absolute atomic E-state index is 0.000676. The van der Waals surface area contributed by atoms with E-state index in [2.05, 4.69) is 0 Å². The first kappa shape index (κ1) is 9.45. The van der Waals surface area contributed by atoms with Gasteiger partial charge in [-0.25, -0.2) is 0 Å². The Balaban J connectivity index is 3.36. The molecule has 0 aliphatic rings. The number of hydrogen-bond acceptors (Lipinski definition) is 3. The third-order valence-electron chi connectivity index (χ3n) is 1.96. The lowest BCUT2D eigenvalue weighted by Gasteiger charge is -2.05. The average molecular weight is 176 g/mol. The van der Waals surface area contributed by atoms with Crippen LogP contribution in [0.25, 0.3) is 0 Å². The first-order valence-corrected chi connectivity index (χ1v) is 3.97. The second kappa shape index (κ2) is 3.39. The van der Waals surface area contributed by atoms with Crippen LogP contribution in [0.3, 0.4) is 0 Å². The summed E-state index contributed by atoms with van der Waals surface area (Å²) in [4.78, 5) is 11.1. The van der Waals surface area contributed by atoms with E-state index in [0.29, 0.717) is 16.8 Å². The van der Waals surface area contributed by atoms with Gasteiger partial charge in [-0.3, -0.25) is 4.79 Å². The molecule has 0 saturated carbocycles. The molecule has 0 fully saturated rings. The Labute approximate surface area is 77.1 Å². The van der Waals surface area contributed by atoms with Crippen molar-refractivity contribution < 1.29 is 4.79 Å². The molecular weight excluding hydrogens is 164 g/mol. The van der Waals surface area contributed by atoms with Gasteiger partial charge in [-0.2, -0.15) is 0 Å². The predicted octanol–water partition coefficient (Wildman–Crippen LogP) is 1.78. The maximum Gasteiger partial charge on any atom is 0.160 e. The normalized spacial score (nSPS) is 9.69. The maximum absolute atomic E-state index is 11.1. The summed E-state index contributed by atoms with van der Waals surface area (Å²) < 4.78 is 0. The van der Waals surface area contributed by atoms with Crippen molar-refractivity contribution in [2.45, 2.75) is 13.8 Å². The van der Waals surface area contributed by atoms with Crippen molar-refractivity contribution in [2.75, 3.05) is 5.73 Å². The topological polar surface area (TPSA) is 66.9 Å². The molecule has 0 saturated heterocycles. The van der Waals surface area contributed by atoms with E-state index in [9.17, 15) is 4.79 Å². The SMILES string of the molecule is CC(=O)c1cc(N)c(C=N)cc1C. The van der Waals surface area contributed by atoms with Gasteiger partial charge in [0.25, 0.3) is 0 Å². The lowest BCUT2D eigenvalue weighted by atomic mass is 10.0. The number of nitrogens with one attached hydrogen (secondary N) is 1. The number of ketones is 1. The number of aryl methyl sites for hydroxylation is 1. The third kappa shape index (κ3) is 1.75. The van der Waals surface area contributed by atoms with E-state index < -0.39 is 0 Å². The highest BCUT2D eigenvalue weighted by atomic mass is 16.1. The third-order valence-corrected chi connectivity index (χ3v) is 1.96. The second-order valence-corrected chi connectivity index (χ2v) is 3.00. The summed E-state index contributed by atoms with van der Waals surface area (Å²) >= 11 is 0. The Morgan fingerprint density at radius 3 is 2.62 bits per heavy atom. The minimum Gasteiger partial charge on any atom is -0.398 e. The lowest BCUT2D eigenvalue weighted by molar-refractivity contribution is 0.101. The number of nitrogens with two attached hydrogens (primary N) is 1. The molecule has 1 aromatic carbocycles. The van der Waals surface area contributed by atoms with Gasteiger partial charge in [0, 0.05) is 23.0 Å². The second-order valence-electron chi connectivity index (χ2n) is 3.00. The van der Waals surface area contributed by atoms with Crippen LogP contribution in [0.1, 0.15) is 28.4 Å². The number of nitrogen functional groups attached to an aromatic ring is 1. The van der Waals surface area contributed by atoms with Crippen molar-refractivity contribution in [2.24, 2.45) is 0 Å². The fourth-order valence-electron chi connectivity index (χ4n) is 1.25. The van der Waals surface area contributed by atoms with Crippen molar-refractivity contribution in [3.05, 3.63) is 28.8 Å². The van der Waals surface area contributed by atoms with E-state index in [-0.39, 0.29) is 5.78 Å². The molecule has 3 nitrogen and oxygen atoms in total. The Morgan fingerprint density at radius 2 is 2.15 bits per heavy atom. The molecule has 3 heteroatoms. The summed E-state index contributed by atoms with van der Waals surface area (Å²) in [6.07, 6.45) is 1.19. The van der Waals surface area contributed by atoms with E-state index in [1.54, 1.807) is 12.1 Å². The molecule has 0 atom stereocenters. The number of rotatable bonds is 2. The van der Waals surface area contributed by atoms with Crippen molar-refractivity contribution in [3.8, 4) is 0 Å². The zero-order valence-corrected chi connectivity index (χ0v) is 7.72. The zero-order chi connectivity index (χ0) is 10.0. The summed E-state index contributed by atoms with van der Waals surface area (Å²) in [5.41, 5.74) is 8.26. The van der Waals surface area contributed by atoms with Crippen LogP contribution < -0.4 is 5.73 Å². The summed E-state index contributed by atoms with van der Waals surface area (Å²) in [6, 6.07) is 3.37. The van der Waals surface area contributed by atoms with Gasteiger partial charge in [0.2, 0.25) is 0 Å². The molecular formula is C10H12N2O. The van der Waals surface area contributed by atoms with Crippen molar-refractivity contribution in [3.63, 3.8) is 0 Å². The largest absolute Gasteiger partial charge is 0.398 e. The summed E-state index contributed by atoms with van der Waals surface area (Å²) in [6.45, 7) is 3.34. The fourth-order valence-corrected chi connectivity index (χ4v) is 1.25. The van der Waals surface area contributed by atoms with Gasteiger partial charge >= 0.3 is 0 Å². The molecule has 0 bridgehead atoms. The number of Topliss-reactive ketones (excluding diaryl/α,β-unsaturated/α-hetero) is 1. The monoisotopic (exact) mass is 176 g/mol. The smallest absolute Gasteiger partial charge is 0.160 e. The Bertz CT molecular complexity index is 369. The molecule has 68 valence electrons. The number of hydrogen-bond donors (Lipinski definition) is 2. The summed E-state index contributed by atoms with van der Waals surface area (Å²) in [5.74, 6) is 0.000676. The quantitative estimate of drug-likeness (QED) is 0.409. The van der Waals surface area contributed by atoms with Crippen LogP contribution in [-0.2, 0) is 0 Å². The van der Waals surface area contributed by atoms with Gasteiger partial charge in [0.1, 0.15) is 0 Å². The standard InChI is InChI=1S/C10H12N2O/c1-6-3-8(5-11)10(12)4-9(6)7(2)13/h3-5,11H,12H2,1-2H3. The average Bonchev–Trinajstić information content (AvgIpc) is 2.07. The molecule has 0 aromatic heterocycles. The molecule has 0 heterocycles. The minimum atomic E-state index is 0.000676. The van der Waals surface area contributed by atoms with E-state index in [0.717, 1.165) is 5.56 Å². The molecule has 0 spiro atoms. The Morgan fingerprint density at radius 1 is 1.54 bits per heavy atom. The van der Waals surface area contributed by atoms with Gasteiger partial charge in [-0.15, -0.1) is 0 Å². The Hall–Kier alpha value is -1.64. The van der Waals surface area contributed by atoms with Crippen LogP contribution in [0.4, 0.5) is 5.69 Å². The van der Waals surface area contributed by atoms with Gasteiger partial charge < -0.3 is 11.1 Å². The van der Waals surface area contributed by atoms with E-state index in [1.165, 1.54) is 13.1 Å². The van der Waals surface area contributed by atoms with Crippen molar-refractivity contribution in [1.82, 2.24) is 0 Å². The number of benzene rings is 1. The molecule has 13 heavy (non-hydrogen) atoms. The highest BCUT2D eigenvalue weighted by Crippen LogP contribution is 2.17. The van der Waals surface area contributed by atoms with E-state index >= 15 is 0 Å². The fraction of sp³-hybridized carbons (Fsp3) is 0.200. The van der Waals surface area contributed by atoms with Crippen molar-refractivity contribution in [1.29, 1.82) is 5.41 Å². The van der Waals surface area contributed by atoms with Gasteiger partial charge in [-0.1, -0.05) is 0 Å². The first-order chi connectivity index (χ1) is 6.06. The first-order valence-electron chi connectivity index (χ1n) is 3.97. The van der Waals surface area contributed by atoms with Crippen LogP contribution in [0, 0.1) is 12.3 Å². The Kier molecular flexibility index (Phi) is 2.46. The lowest BCUT2D eigenvalue weighted by Crippen LogP contribution is -2.01. The summed E-state index contributed by atoms with van der Waals surface area (Å²) in [7, 11) is 0. The highest BCUT2D eigenvalue weighted by molar-refractivity contribution is 5.98. The molecule has 1 aromatic rings. The number of anilines is 1. The molecule has 0 unspecified atom stereocenters. The molecule has 1 rings (SSSR count). The van der Waals surface area contributed by atoms with E-state index in [4.69, 9.17) is 11.1 Å². The number of carbonyl (C=O) groups excluding carboxylic acids is 1. The molecule has 3 N–H and O–H groups in total. The predicted molar refractivity (Wildman–Crippen MR) is 53.5 cm³/mol. The number of carbonyl (C=O) groups is 1. The van der Waals surface area contributed by atoms with Crippen LogP contribution in [0.15, 0.2) is 12.1 Å². The summed E-state index contributed by atoms with van der Waals surface area (Å²) in [5, 5.41) is 7.07. The van der Waals surface area contributed by atoms with Gasteiger partial charge in [0.15, 0.2) is 5.78 Å². The van der Waals surface area contributed by atoms with Crippen LogP contribution in [0.2, 0.25) is 0 Å². The maximum atomic E-state index is 11.1. The zero-order valence-electron chi connectivity index (χ0n) is 7.72. The van der Waals surface area contributed by atoms with Crippen LogP contribution >= 0.6 is 0 Å². The van der Waals surface area contributed by atoms with Gasteiger partial charge in [-0.05, 0) is 31.5 Å².